The number of hydrogen-bond donors (Lipinski definition) is 1. The normalized spacial score (nSPS) is 10.5. The van der Waals surface area contributed by atoms with E-state index in [1.165, 1.54) is 0 Å². The van der Waals surface area contributed by atoms with Crippen LogP contribution >= 0.6 is 0 Å². The van der Waals surface area contributed by atoms with Gasteiger partial charge in [-0.2, -0.15) is 4.98 Å². The summed E-state index contributed by atoms with van der Waals surface area (Å²) in [6.07, 6.45) is 1.59. The Morgan fingerprint density at radius 2 is 1.83 bits per heavy atom. The molecule has 1 amide bonds. The minimum atomic E-state index is -0.0599. The van der Waals surface area contributed by atoms with Crippen LogP contribution in [0.15, 0.2) is 59.1 Å². The summed E-state index contributed by atoms with van der Waals surface area (Å²) < 4.78 is 5.22. The molecule has 5 nitrogen and oxygen atoms in total. The van der Waals surface area contributed by atoms with Crippen LogP contribution in [0.2, 0.25) is 0 Å². The number of aromatic nitrogens is 2. The minimum Gasteiger partial charge on any atom is -0.339 e. The zero-order valence-corrected chi connectivity index (χ0v) is 13.5. The van der Waals surface area contributed by atoms with E-state index in [0.29, 0.717) is 24.6 Å². The Morgan fingerprint density at radius 1 is 1.08 bits per heavy atom. The Kier molecular flexibility index (Phi) is 5.01. The second kappa shape index (κ2) is 7.55. The van der Waals surface area contributed by atoms with E-state index in [1.54, 1.807) is 0 Å². The van der Waals surface area contributed by atoms with Crippen molar-refractivity contribution in [3.8, 4) is 11.4 Å². The van der Waals surface area contributed by atoms with Gasteiger partial charge >= 0.3 is 0 Å². The van der Waals surface area contributed by atoms with Crippen LogP contribution in [0.25, 0.3) is 11.4 Å². The second-order valence-electron chi connectivity index (χ2n) is 5.44. The van der Waals surface area contributed by atoms with E-state index >= 15 is 0 Å². The average Bonchev–Trinajstić information content (AvgIpc) is 3.10. The lowest BCUT2D eigenvalue weighted by molar-refractivity contribution is -0.116. The molecule has 0 saturated heterocycles. The van der Waals surface area contributed by atoms with Gasteiger partial charge in [0.1, 0.15) is 0 Å². The molecule has 3 rings (SSSR count). The Bertz CT molecular complexity index is 812. The van der Waals surface area contributed by atoms with Crippen LogP contribution in [0, 0.1) is 0 Å². The van der Waals surface area contributed by atoms with Crippen LogP contribution in [0.4, 0.5) is 5.69 Å². The molecule has 0 fully saturated rings. The largest absolute Gasteiger partial charge is 0.339 e. The van der Waals surface area contributed by atoms with Gasteiger partial charge in [0.25, 0.3) is 0 Å². The first kappa shape index (κ1) is 15.9. The lowest BCUT2D eigenvalue weighted by Gasteiger charge is -2.08. The van der Waals surface area contributed by atoms with Crippen molar-refractivity contribution < 1.29 is 9.32 Å². The fourth-order valence-electron chi connectivity index (χ4n) is 2.44. The third-order valence-corrected chi connectivity index (χ3v) is 3.74. The van der Waals surface area contributed by atoms with E-state index in [-0.39, 0.29) is 5.91 Å². The van der Waals surface area contributed by atoms with E-state index in [2.05, 4.69) is 22.4 Å². The first-order valence-corrected chi connectivity index (χ1v) is 8.02. The quantitative estimate of drug-likeness (QED) is 0.748. The highest BCUT2D eigenvalue weighted by molar-refractivity contribution is 5.91. The predicted molar refractivity (Wildman–Crippen MR) is 92.5 cm³/mol. The number of carbonyl (C=O) groups excluding carboxylic acids is 1. The van der Waals surface area contributed by atoms with Gasteiger partial charge in [0.15, 0.2) is 0 Å². The number of carbonyl (C=O) groups is 1. The SMILES string of the molecule is CCc1ccccc1NC(=O)CCc1nc(-c2ccccc2)no1. The molecule has 1 aromatic heterocycles. The van der Waals surface area contributed by atoms with Gasteiger partial charge in [0.05, 0.1) is 0 Å². The Balaban J connectivity index is 1.58. The van der Waals surface area contributed by atoms with Crippen molar-refractivity contribution >= 4 is 11.6 Å². The molecule has 1 heterocycles. The first-order valence-electron chi connectivity index (χ1n) is 8.02. The molecule has 0 aliphatic heterocycles. The van der Waals surface area contributed by atoms with Crippen LogP contribution in [0.5, 0.6) is 0 Å². The number of nitrogens with one attached hydrogen (secondary N) is 1. The highest BCUT2D eigenvalue weighted by Crippen LogP contribution is 2.17. The van der Waals surface area contributed by atoms with E-state index in [0.717, 1.165) is 23.2 Å². The summed E-state index contributed by atoms with van der Waals surface area (Å²) in [7, 11) is 0. The number of benzene rings is 2. The van der Waals surface area contributed by atoms with E-state index in [4.69, 9.17) is 4.52 Å². The van der Waals surface area contributed by atoms with E-state index in [1.807, 2.05) is 54.6 Å². The van der Waals surface area contributed by atoms with Crippen molar-refractivity contribution in [3.63, 3.8) is 0 Å². The van der Waals surface area contributed by atoms with Crippen molar-refractivity contribution in [1.29, 1.82) is 0 Å². The maximum Gasteiger partial charge on any atom is 0.227 e. The maximum atomic E-state index is 12.1. The van der Waals surface area contributed by atoms with Crippen molar-refractivity contribution in [1.82, 2.24) is 10.1 Å². The van der Waals surface area contributed by atoms with Gasteiger partial charge in [0, 0.05) is 24.1 Å². The summed E-state index contributed by atoms with van der Waals surface area (Å²) in [4.78, 5) is 16.5. The number of rotatable bonds is 6. The number of para-hydroxylation sites is 1. The molecule has 1 N–H and O–H groups in total. The molecule has 122 valence electrons. The van der Waals surface area contributed by atoms with Gasteiger partial charge in [0.2, 0.25) is 17.6 Å². The highest BCUT2D eigenvalue weighted by atomic mass is 16.5. The molecule has 0 aliphatic carbocycles. The van der Waals surface area contributed by atoms with E-state index in [9.17, 15) is 4.79 Å². The summed E-state index contributed by atoms with van der Waals surface area (Å²) in [6.45, 7) is 2.06. The van der Waals surface area contributed by atoms with Crippen molar-refractivity contribution in [2.45, 2.75) is 26.2 Å². The second-order valence-corrected chi connectivity index (χ2v) is 5.44. The molecular weight excluding hydrogens is 302 g/mol. The molecule has 2 aromatic carbocycles. The molecular formula is C19H19N3O2. The van der Waals surface area contributed by atoms with E-state index < -0.39 is 0 Å². The third-order valence-electron chi connectivity index (χ3n) is 3.74. The Labute approximate surface area is 140 Å². The fraction of sp³-hybridized carbons (Fsp3) is 0.211. The molecule has 0 spiro atoms. The van der Waals surface area contributed by atoms with Crippen molar-refractivity contribution in [2.75, 3.05) is 5.32 Å². The smallest absolute Gasteiger partial charge is 0.227 e. The van der Waals surface area contributed by atoms with Gasteiger partial charge in [-0.05, 0) is 18.1 Å². The van der Waals surface area contributed by atoms with Crippen LogP contribution in [-0.4, -0.2) is 16.0 Å². The number of anilines is 1. The van der Waals surface area contributed by atoms with Crippen LogP contribution in [-0.2, 0) is 17.6 Å². The Hall–Kier alpha value is -2.95. The topological polar surface area (TPSA) is 68.0 Å². The third kappa shape index (κ3) is 3.87. The van der Waals surface area contributed by atoms with Gasteiger partial charge in [-0.25, -0.2) is 0 Å². The summed E-state index contributed by atoms with van der Waals surface area (Å²) in [5.74, 6) is 0.950. The predicted octanol–water partition coefficient (Wildman–Crippen LogP) is 3.87. The average molecular weight is 321 g/mol. The van der Waals surface area contributed by atoms with Gasteiger partial charge in [-0.15, -0.1) is 0 Å². The molecule has 5 heteroatoms. The minimum absolute atomic E-state index is 0.0599. The molecule has 0 aliphatic rings. The van der Waals surface area contributed by atoms with Gasteiger partial charge < -0.3 is 9.84 Å². The number of amides is 1. The van der Waals surface area contributed by atoms with Gasteiger partial charge in [-0.1, -0.05) is 60.6 Å². The van der Waals surface area contributed by atoms with Gasteiger partial charge in [-0.3, -0.25) is 4.79 Å². The number of hydrogen-bond acceptors (Lipinski definition) is 4. The summed E-state index contributed by atoms with van der Waals surface area (Å²) in [5, 5.41) is 6.90. The van der Waals surface area contributed by atoms with Crippen LogP contribution < -0.4 is 5.32 Å². The molecule has 0 radical (unpaired) electrons. The highest BCUT2D eigenvalue weighted by Gasteiger charge is 2.11. The number of aryl methyl sites for hydroxylation is 2. The zero-order chi connectivity index (χ0) is 16.8. The lowest BCUT2D eigenvalue weighted by atomic mass is 10.1. The number of nitrogens with zero attached hydrogens (tertiary/aromatic N) is 2. The summed E-state index contributed by atoms with van der Waals surface area (Å²) >= 11 is 0. The van der Waals surface area contributed by atoms with Crippen LogP contribution in [0.1, 0.15) is 24.8 Å². The van der Waals surface area contributed by atoms with Crippen molar-refractivity contribution in [2.24, 2.45) is 0 Å². The van der Waals surface area contributed by atoms with Crippen LogP contribution in [0.3, 0.4) is 0 Å². The molecule has 0 unspecified atom stereocenters. The molecule has 24 heavy (non-hydrogen) atoms. The zero-order valence-electron chi connectivity index (χ0n) is 13.5. The standard InChI is InChI=1S/C19H19N3O2/c1-2-14-8-6-7-11-16(14)20-17(23)12-13-18-21-19(22-24-18)15-9-4-3-5-10-15/h3-11H,2,12-13H2,1H3,(H,20,23). The maximum absolute atomic E-state index is 12.1. The monoisotopic (exact) mass is 321 g/mol. The van der Waals surface area contributed by atoms with Crippen molar-refractivity contribution in [3.05, 3.63) is 66.1 Å². The molecule has 3 aromatic rings. The lowest BCUT2D eigenvalue weighted by Crippen LogP contribution is -2.13. The summed E-state index contributed by atoms with van der Waals surface area (Å²) in [6, 6.07) is 17.4. The fourth-order valence-corrected chi connectivity index (χ4v) is 2.44. The molecule has 0 bridgehead atoms. The summed E-state index contributed by atoms with van der Waals surface area (Å²) in [5.41, 5.74) is 2.88. The molecule has 0 saturated carbocycles. The molecule has 0 atom stereocenters. The first-order chi connectivity index (χ1) is 11.8. The Morgan fingerprint density at radius 3 is 2.62 bits per heavy atom.